The zero-order chi connectivity index (χ0) is 17.4. The molecule has 1 aromatic heterocycles. The molecule has 4 aromatic rings. The van der Waals surface area contributed by atoms with Crippen LogP contribution in [0.1, 0.15) is 18.2 Å². The number of halogens is 1. The maximum atomic E-state index is 6.54. The number of benzene rings is 3. The summed E-state index contributed by atoms with van der Waals surface area (Å²) in [6, 6.07) is 23.6. The molecule has 0 unspecified atom stereocenters. The Morgan fingerprint density at radius 2 is 1.40 bits per heavy atom. The first-order valence-corrected chi connectivity index (χ1v) is 9.00. The Labute approximate surface area is 153 Å². The minimum Gasteiger partial charge on any atom is -0.358 e. The van der Waals surface area contributed by atoms with Gasteiger partial charge in [-0.05, 0) is 48.2 Å². The van der Waals surface area contributed by atoms with Gasteiger partial charge in [-0.25, -0.2) is 0 Å². The third-order valence-corrected chi connectivity index (χ3v) is 5.04. The van der Waals surface area contributed by atoms with Crippen LogP contribution in [0.25, 0.3) is 33.2 Å². The van der Waals surface area contributed by atoms with Crippen LogP contribution in [0, 0.1) is 6.92 Å². The second-order valence-corrected chi connectivity index (χ2v) is 6.92. The summed E-state index contributed by atoms with van der Waals surface area (Å²) in [5.41, 5.74) is 8.28. The van der Waals surface area contributed by atoms with E-state index in [1.165, 1.54) is 27.8 Å². The molecule has 1 heterocycles. The highest BCUT2D eigenvalue weighted by Crippen LogP contribution is 2.33. The van der Waals surface area contributed by atoms with Gasteiger partial charge in [0, 0.05) is 22.2 Å². The highest BCUT2D eigenvalue weighted by atomic mass is 35.5. The first kappa shape index (κ1) is 16.0. The number of aromatic amines is 1. The van der Waals surface area contributed by atoms with Crippen LogP contribution in [0.15, 0.2) is 66.7 Å². The summed E-state index contributed by atoms with van der Waals surface area (Å²) < 4.78 is 0. The lowest BCUT2D eigenvalue weighted by Gasteiger charge is -2.08. The van der Waals surface area contributed by atoms with E-state index in [-0.39, 0.29) is 0 Å². The Bertz CT molecular complexity index is 1020. The summed E-state index contributed by atoms with van der Waals surface area (Å²) in [6.07, 6.45) is 0.993. The number of aromatic nitrogens is 1. The predicted molar refractivity (Wildman–Crippen MR) is 108 cm³/mol. The van der Waals surface area contributed by atoms with Crippen molar-refractivity contribution >= 4 is 22.5 Å². The zero-order valence-corrected chi connectivity index (χ0v) is 15.2. The SMILES string of the molecule is CCc1cc2cc(-c3ccc(-c4ccc(C)cc4)cc3)c(Cl)cc2[nH]1. The summed E-state index contributed by atoms with van der Waals surface area (Å²) in [7, 11) is 0. The number of fused-ring (bicyclic) bond motifs is 1. The first-order valence-electron chi connectivity index (χ1n) is 8.62. The van der Waals surface area contributed by atoms with E-state index in [2.05, 4.69) is 79.5 Å². The van der Waals surface area contributed by atoms with Crippen LogP contribution in [-0.4, -0.2) is 4.98 Å². The average Bonchev–Trinajstić information content (AvgIpc) is 3.04. The third-order valence-electron chi connectivity index (χ3n) is 4.73. The summed E-state index contributed by atoms with van der Waals surface area (Å²) >= 11 is 6.54. The first-order chi connectivity index (χ1) is 12.1. The molecule has 4 rings (SSSR count). The Hall–Kier alpha value is -2.51. The van der Waals surface area contributed by atoms with E-state index in [9.17, 15) is 0 Å². The lowest BCUT2D eigenvalue weighted by molar-refractivity contribution is 1.07. The fraction of sp³-hybridized carbons (Fsp3) is 0.130. The molecule has 2 heteroatoms. The van der Waals surface area contributed by atoms with Gasteiger partial charge < -0.3 is 4.98 Å². The molecule has 1 nitrogen and oxygen atoms in total. The van der Waals surface area contributed by atoms with Gasteiger partial charge in [0.25, 0.3) is 0 Å². The van der Waals surface area contributed by atoms with Gasteiger partial charge in [0.1, 0.15) is 0 Å². The van der Waals surface area contributed by atoms with Crippen molar-refractivity contribution in [3.05, 3.63) is 83.0 Å². The van der Waals surface area contributed by atoms with Gasteiger partial charge in [0.15, 0.2) is 0 Å². The molecule has 0 amide bonds. The van der Waals surface area contributed by atoms with Crippen molar-refractivity contribution in [3.8, 4) is 22.3 Å². The number of rotatable bonds is 3. The molecule has 0 aliphatic carbocycles. The molecule has 0 saturated carbocycles. The quantitative estimate of drug-likeness (QED) is 0.410. The van der Waals surface area contributed by atoms with Crippen LogP contribution < -0.4 is 0 Å². The molecular formula is C23H20ClN. The molecule has 0 spiro atoms. The fourth-order valence-corrected chi connectivity index (χ4v) is 3.49. The van der Waals surface area contributed by atoms with Gasteiger partial charge in [-0.2, -0.15) is 0 Å². The number of H-pyrrole nitrogens is 1. The summed E-state index contributed by atoms with van der Waals surface area (Å²) in [6.45, 7) is 4.26. The molecule has 3 aromatic carbocycles. The van der Waals surface area contributed by atoms with Gasteiger partial charge in [0.05, 0.1) is 5.02 Å². The summed E-state index contributed by atoms with van der Waals surface area (Å²) in [5.74, 6) is 0. The van der Waals surface area contributed by atoms with Crippen molar-refractivity contribution < 1.29 is 0 Å². The normalized spacial score (nSPS) is 11.2. The van der Waals surface area contributed by atoms with Crippen molar-refractivity contribution in [3.63, 3.8) is 0 Å². The van der Waals surface area contributed by atoms with Gasteiger partial charge in [-0.15, -0.1) is 0 Å². The van der Waals surface area contributed by atoms with E-state index in [0.717, 1.165) is 28.1 Å². The van der Waals surface area contributed by atoms with Crippen molar-refractivity contribution in [1.82, 2.24) is 4.98 Å². The second-order valence-electron chi connectivity index (χ2n) is 6.51. The Balaban J connectivity index is 1.73. The Kier molecular flexibility index (Phi) is 4.10. The average molecular weight is 346 g/mol. The fourth-order valence-electron chi connectivity index (χ4n) is 3.21. The smallest absolute Gasteiger partial charge is 0.0505 e. The van der Waals surface area contributed by atoms with E-state index >= 15 is 0 Å². The van der Waals surface area contributed by atoms with Crippen LogP contribution in [0.3, 0.4) is 0 Å². The number of nitrogens with one attached hydrogen (secondary N) is 1. The maximum absolute atomic E-state index is 6.54. The molecular weight excluding hydrogens is 326 g/mol. The van der Waals surface area contributed by atoms with Crippen LogP contribution >= 0.6 is 11.6 Å². The molecule has 0 radical (unpaired) electrons. The Morgan fingerprint density at radius 3 is 2.04 bits per heavy atom. The van der Waals surface area contributed by atoms with Gasteiger partial charge in [0.2, 0.25) is 0 Å². The predicted octanol–water partition coefficient (Wildman–Crippen LogP) is 7.03. The zero-order valence-electron chi connectivity index (χ0n) is 14.4. The standard InChI is InChI=1S/C23H20ClN/c1-3-20-12-19-13-21(22(24)14-23(19)25-20)18-10-8-17(9-11-18)16-6-4-15(2)5-7-16/h4-14,25H,3H2,1-2H3. The molecule has 0 bridgehead atoms. The Morgan fingerprint density at radius 1 is 0.800 bits per heavy atom. The minimum absolute atomic E-state index is 0.778. The monoisotopic (exact) mass is 345 g/mol. The third kappa shape index (κ3) is 3.08. The molecule has 124 valence electrons. The van der Waals surface area contributed by atoms with Crippen LogP contribution in [0.5, 0.6) is 0 Å². The summed E-state index contributed by atoms with van der Waals surface area (Å²) in [5, 5.41) is 1.99. The summed E-state index contributed by atoms with van der Waals surface area (Å²) in [4.78, 5) is 3.42. The van der Waals surface area contributed by atoms with E-state index in [1.807, 2.05) is 6.07 Å². The largest absolute Gasteiger partial charge is 0.358 e. The van der Waals surface area contributed by atoms with Crippen molar-refractivity contribution in [2.24, 2.45) is 0 Å². The number of hydrogen-bond donors (Lipinski definition) is 1. The maximum Gasteiger partial charge on any atom is 0.0505 e. The molecule has 0 aliphatic heterocycles. The van der Waals surface area contributed by atoms with Gasteiger partial charge in [-0.1, -0.05) is 72.6 Å². The lowest BCUT2D eigenvalue weighted by Crippen LogP contribution is -1.83. The topological polar surface area (TPSA) is 15.8 Å². The van der Waals surface area contributed by atoms with Crippen molar-refractivity contribution in [1.29, 1.82) is 0 Å². The minimum atomic E-state index is 0.778. The molecule has 0 saturated heterocycles. The molecule has 0 fully saturated rings. The van der Waals surface area contributed by atoms with Gasteiger partial charge >= 0.3 is 0 Å². The lowest BCUT2D eigenvalue weighted by atomic mass is 9.99. The van der Waals surface area contributed by atoms with Crippen molar-refractivity contribution in [2.75, 3.05) is 0 Å². The van der Waals surface area contributed by atoms with Crippen LogP contribution in [0.2, 0.25) is 5.02 Å². The van der Waals surface area contributed by atoms with Crippen molar-refractivity contribution in [2.45, 2.75) is 20.3 Å². The molecule has 0 atom stereocenters. The highest BCUT2D eigenvalue weighted by molar-refractivity contribution is 6.34. The van der Waals surface area contributed by atoms with Gasteiger partial charge in [-0.3, -0.25) is 0 Å². The second kappa shape index (κ2) is 6.42. The van der Waals surface area contributed by atoms with Crippen LogP contribution in [-0.2, 0) is 6.42 Å². The molecule has 1 N–H and O–H groups in total. The van der Waals surface area contributed by atoms with E-state index in [4.69, 9.17) is 11.6 Å². The van der Waals surface area contributed by atoms with E-state index in [1.54, 1.807) is 0 Å². The highest BCUT2D eigenvalue weighted by Gasteiger charge is 2.08. The molecule has 0 aliphatic rings. The number of aryl methyl sites for hydroxylation is 2. The number of hydrogen-bond acceptors (Lipinski definition) is 0. The van der Waals surface area contributed by atoms with Crippen LogP contribution in [0.4, 0.5) is 0 Å². The molecule has 25 heavy (non-hydrogen) atoms. The van der Waals surface area contributed by atoms with E-state index < -0.39 is 0 Å². The van der Waals surface area contributed by atoms with E-state index in [0.29, 0.717) is 0 Å².